The molecule has 0 N–H and O–H groups in total. The van der Waals surface area contributed by atoms with E-state index < -0.39 is 29.8 Å². The van der Waals surface area contributed by atoms with Gasteiger partial charge in [-0.3, -0.25) is 4.79 Å². The quantitative estimate of drug-likeness (QED) is 0.476. The summed E-state index contributed by atoms with van der Waals surface area (Å²) in [5, 5.41) is 0. The Morgan fingerprint density at radius 3 is 2.59 bits per heavy atom. The SMILES string of the molecule is O=C(CC(F)(F)C(F)(F)Br)OCc1ncco1. The van der Waals surface area contributed by atoms with Crippen LogP contribution in [0.5, 0.6) is 0 Å². The summed E-state index contributed by atoms with van der Waals surface area (Å²) in [7, 11) is 0. The van der Waals surface area contributed by atoms with Gasteiger partial charge in [-0.05, 0) is 15.9 Å². The van der Waals surface area contributed by atoms with E-state index >= 15 is 0 Å². The molecule has 17 heavy (non-hydrogen) atoms. The number of halogens is 5. The van der Waals surface area contributed by atoms with E-state index in [-0.39, 0.29) is 5.89 Å². The van der Waals surface area contributed by atoms with Crippen molar-refractivity contribution in [2.24, 2.45) is 0 Å². The number of aromatic nitrogens is 1. The first-order valence-corrected chi connectivity index (χ1v) is 5.00. The Morgan fingerprint density at radius 1 is 1.47 bits per heavy atom. The van der Waals surface area contributed by atoms with Gasteiger partial charge in [0.1, 0.15) is 12.7 Å². The second-order valence-electron chi connectivity index (χ2n) is 2.97. The van der Waals surface area contributed by atoms with Crippen LogP contribution in [-0.4, -0.2) is 21.7 Å². The molecule has 0 atom stereocenters. The van der Waals surface area contributed by atoms with Gasteiger partial charge >= 0.3 is 16.7 Å². The predicted octanol–water partition coefficient (Wildman–Crippen LogP) is 2.73. The Bertz CT molecular complexity index is 377. The van der Waals surface area contributed by atoms with Crippen molar-refractivity contribution in [2.75, 3.05) is 0 Å². The van der Waals surface area contributed by atoms with E-state index in [0.29, 0.717) is 0 Å². The van der Waals surface area contributed by atoms with Gasteiger partial charge in [0.15, 0.2) is 6.61 Å². The topological polar surface area (TPSA) is 52.3 Å². The fraction of sp³-hybridized carbons (Fsp3) is 0.500. The van der Waals surface area contributed by atoms with Gasteiger partial charge in [-0.15, -0.1) is 0 Å². The summed E-state index contributed by atoms with van der Waals surface area (Å²) < 4.78 is 59.0. The summed E-state index contributed by atoms with van der Waals surface area (Å²) in [4.78, 5) is 9.95. The summed E-state index contributed by atoms with van der Waals surface area (Å²) >= 11 is 1.50. The lowest BCUT2D eigenvalue weighted by Gasteiger charge is -2.20. The van der Waals surface area contributed by atoms with E-state index in [1.165, 1.54) is 28.4 Å². The highest BCUT2D eigenvalue weighted by molar-refractivity contribution is 9.10. The van der Waals surface area contributed by atoms with Crippen molar-refractivity contribution in [3.05, 3.63) is 18.4 Å². The van der Waals surface area contributed by atoms with Crippen LogP contribution in [0, 0.1) is 0 Å². The zero-order valence-electron chi connectivity index (χ0n) is 8.13. The molecule has 0 unspecified atom stereocenters. The van der Waals surface area contributed by atoms with Crippen molar-refractivity contribution >= 4 is 21.9 Å². The number of carbonyl (C=O) groups excluding carboxylic acids is 1. The molecule has 1 rings (SSSR count). The maximum absolute atomic E-state index is 12.7. The first kappa shape index (κ1) is 13.9. The van der Waals surface area contributed by atoms with Crippen molar-refractivity contribution in [2.45, 2.75) is 23.8 Å². The maximum Gasteiger partial charge on any atom is 0.363 e. The smallest absolute Gasteiger partial charge is 0.363 e. The maximum atomic E-state index is 12.7. The highest BCUT2D eigenvalue weighted by atomic mass is 79.9. The van der Waals surface area contributed by atoms with Crippen molar-refractivity contribution in [3.63, 3.8) is 0 Å². The van der Waals surface area contributed by atoms with E-state index in [1.807, 2.05) is 0 Å². The van der Waals surface area contributed by atoms with Crippen LogP contribution in [-0.2, 0) is 16.1 Å². The lowest BCUT2D eigenvalue weighted by Crippen LogP contribution is -2.37. The van der Waals surface area contributed by atoms with Crippen molar-refractivity contribution in [1.29, 1.82) is 0 Å². The first-order valence-electron chi connectivity index (χ1n) is 4.21. The largest absolute Gasteiger partial charge is 0.455 e. The Labute approximate surface area is 101 Å². The highest BCUT2D eigenvalue weighted by Crippen LogP contribution is 2.41. The number of oxazole rings is 1. The standard InChI is InChI=1S/C8H6BrF4NO3/c9-8(12,13)7(10,11)3-6(15)17-4-5-14-1-2-16-5/h1-2H,3-4H2. The molecular formula is C8H6BrF4NO3. The second-order valence-corrected chi connectivity index (χ2v) is 3.96. The molecule has 0 aliphatic rings. The minimum absolute atomic E-state index is 0.0210. The molecule has 0 aromatic carbocycles. The number of nitrogens with zero attached hydrogens (tertiary/aromatic N) is 1. The number of hydrogen-bond donors (Lipinski definition) is 0. The van der Waals surface area contributed by atoms with Crippen LogP contribution in [0.15, 0.2) is 16.9 Å². The van der Waals surface area contributed by atoms with Crippen LogP contribution in [0.2, 0.25) is 0 Å². The molecule has 0 saturated heterocycles. The second kappa shape index (κ2) is 5.03. The number of alkyl halides is 5. The number of carbonyl (C=O) groups is 1. The third-order valence-electron chi connectivity index (χ3n) is 1.62. The van der Waals surface area contributed by atoms with E-state index in [0.717, 1.165) is 0 Å². The average molecular weight is 320 g/mol. The number of ether oxygens (including phenoxy) is 1. The summed E-state index contributed by atoms with van der Waals surface area (Å²) in [5.41, 5.74) is 0. The lowest BCUT2D eigenvalue weighted by molar-refractivity contribution is -0.177. The third-order valence-corrected chi connectivity index (χ3v) is 2.20. The zero-order chi connectivity index (χ0) is 13.1. The number of esters is 1. The summed E-state index contributed by atoms with van der Waals surface area (Å²) in [6.07, 6.45) is 0.695. The molecule has 1 aromatic heterocycles. The van der Waals surface area contributed by atoms with Gasteiger partial charge in [-0.25, -0.2) is 4.98 Å². The van der Waals surface area contributed by atoms with Gasteiger partial charge in [0.25, 0.3) is 0 Å². The summed E-state index contributed by atoms with van der Waals surface area (Å²) in [5.74, 6) is -6.03. The normalized spacial score (nSPS) is 12.5. The van der Waals surface area contributed by atoms with Crippen LogP contribution in [0.1, 0.15) is 12.3 Å². The molecule has 0 bridgehead atoms. The molecule has 1 heterocycles. The highest BCUT2D eigenvalue weighted by Gasteiger charge is 2.55. The van der Waals surface area contributed by atoms with Crippen LogP contribution in [0.3, 0.4) is 0 Å². The molecule has 0 saturated carbocycles. The predicted molar refractivity (Wildman–Crippen MR) is 49.7 cm³/mol. The minimum Gasteiger partial charge on any atom is -0.455 e. The van der Waals surface area contributed by atoms with Crippen molar-refractivity contribution < 1.29 is 31.5 Å². The van der Waals surface area contributed by atoms with Crippen LogP contribution >= 0.6 is 15.9 Å². The van der Waals surface area contributed by atoms with Crippen molar-refractivity contribution in [3.8, 4) is 0 Å². The Kier molecular flexibility index (Phi) is 4.12. The van der Waals surface area contributed by atoms with Gasteiger partial charge in [-0.1, -0.05) is 0 Å². The Morgan fingerprint density at radius 2 is 2.12 bits per heavy atom. The first-order chi connectivity index (χ1) is 7.72. The van der Waals surface area contributed by atoms with E-state index in [4.69, 9.17) is 0 Å². The van der Waals surface area contributed by atoms with Crippen molar-refractivity contribution in [1.82, 2.24) is 4.98 Å². The van der Waals surface area contributed by atoms with E-state index in [1.54, 1.807) is 0 Å². The molecule has 1 aromatic rings. The monoisotopic (exact) mass is 319 g/mol. The van der Waals surface area contributed by atoms with Gasteiger partial charge in [0.2, 0.25) is 5.89 Å². The average Bonchev–Trinajstić information content (AvgIpc) is 2.64. The van der Waals surface area contributed by atoms with Gasteiger partial charge < -0.3 is 9.15 Å². The van der Waals surface area contributed by atoms with Gasteiger partial charge in [0, 0.05) is 0 Å². The molecule has 0 spiro atoms. The van der Waals surface area contributed by atoms with Gasteiger partial charge in [-0.2, -0.15) is 17.6 Å². The number of hydrogen-bond acceptors (Lipinski definition) is 4. The van der Waals surface area contributed by atoms with E-state index in [9.17, 15) is 22.4 Å². The Balaban J connectivity index is 2.45. The molecule has 4 nitrogen and oxygen atoms in total. The van der Waals surface area contributed by atoms with Gasteiger partial charge in [0.05, 0.1) is 6.20 Å². The minimum atomic E-state index is -4.53. The molecular weight excluding hydrogens is 314 g/mol. The molecule has 0 amide bonds. The molecule has 0 aliphatic heterocycles. The lowest BCUT2D eigenvalue weighted by atomic mass is 10.2. The molecule has 0 aliphatic carbocycles. The molecule has 9 heteroatoms. The third kappa shape index (κ3) is 3.99. The van der Waals surface area contributed by atoms with E-state index in [2.05, 4.69) is 14.1 Å². The zero-order valence-corrected chi connectivity index (χ0v) is 9.72. The summed E-state index contributed by atoms with van der Waals surface area (Å²) in [6.45, 7) is -0.490. The fourth-order valence-corrected chi connectivity index (χ4v) is 0.939. The number of rotatable bonds is 5. The molecule has 0 fully saturated rings. The fourth-order valence-electron chi connectivity index (χ4n) is 0.799. The van der Waals surface area contributed by atoms with Crippen LogP contribution < -0.4 is 0 Å². The molecule has 96 valence electrons. The van der Waals surface area contributed by atoms with Crippen LogP contribution in [0.4, 0.5) is 17.6 Å². The van der Waals surface area contributed by atoms with Crippen LogP contribution in [0.25, 0.3) is 0 Å². The Hall–Kier alpha value is -1.12. The summed E-state index contributed by atoms with van der Waals surface area (Å²) in [6, 6.07) is 0. The molecule has 0 radical (unpaired) electrons.